The molecule has 1 saturated heterocycles. The van der Waals surface area contributed by atoms with Crippen LogP contribution in [0.25, 0.3) is 0 Å². The van der Waals surface area contributed by atoms with Crippen LogP contribution in [0.5, 0.6) is 0 Å². The molecule has 1 fully saturated rings. The molecule has 0 aromatic carbocycles. The Morgan fingerprint density at radius 3 is 2.46 bits per heavy atom. The average molecular weight is 203 g/mol. The molecule has 0 saturated carbocycles. The van der Waals surface area contributed by atoms with Crippen LogP contribution < -0.4 is 0 Å². The van der Waals surface area contributed by atoms with E-state index in [4.69, 9.17) is 0 Å². The number of rotatable bonds is 2. The van der Waals surface area contributed by atoms with Crippen LogP contribution in [-0.4, -0.2) is 40.0 Å². The minimum absolute atomic E-state index is 0.215. The van der Waals surface area contributed by atoms with Crippen LogP contribution in [0, 0.1) is 5.92 Å². The SMILES string of the molecule is CC(C)CC(=O)N1CC[S+]([O-])CC1. The third-order valence-electron chi connectivity index (χ3n) is 2.11. The van der Waals surface area contributed by atoms with Gasteiger partial charge in [-0.1, -0.05) is 25.0 Å². The van der Waals surface area contributed by atoms with Gasteiger partial charge in [0.05, 0.1) is 13.1 Å². The highest BCUT2D eigenvalue weighted by Gasteiger charge is 2.23. The molecule has 0 radical (unpaired) electrons. The summed E-state index contributed by atoms with van der Waals surface area (Å²) in [7, 11) is 0. The Labute approximate surface area is 82.7 Å². The molecule has 1 aliphatic heterocycles. The van der Waals surface area contributed by atoms with E-state index in [1.165, 1.54) is 0 Å². The van der Waals surface area contributed by atoms with E-state index in [1.807, 2.05) is 18.7 Å². The fraction of sp³-hybridized carbons (Fsp3) is 0.889. The molecule has 0 unspecified atom stereocenters. The molecule has 1 aliphatic rings. The third-order valence-corrected chi connectivity index (χ3v) is 3.39. The van der Waals surface area contributed by atoms with Crippen molar-refractivity contribution in [2.45, 2.75) is 20.3 Å². The second kappa shape index (κ2) is 4.86. The molecule has 3 nitrogen and oxygen atoms in total. The predicted octanol–water partition coefficient (Wildman–Crippen LogP) is 0.623. The Kier molecular flexibility index (Phi) is 4.06. The molecule has 1 amide bonds. The molecule has 0 atom stereocenters. The molecule has 0 aromatic heterocycles. The molecule has 0 bridgehead atoms. The molecule has 13 heavy (non-hydrogen) atoms. The van der Waals surface area contributed by atoms with Gasteiger partial charge in [-0.25, -0.2) is 0 Å². The first-order valence-electron chi connectivity index (χ1n) is 4.72. The van der Waals surface area contributed by atoms with Crippen LogP contribution in [0.4, 0.5) is 0 Å². The lowest BCUT2D eigenvalue weighted by molar-refractivity contribution is -0.131. The lowest BCUT2D eigenvalue weighted by Gasteiger charge is -2.28. The molecule has 4 heteroatoms. The van der Waals surface area contributed by atoms with Crippen LogP contribution >= 0.6 is 0 Å². The van der Waals surface area contributed by atoms with Crippen LogP contribution in [0.15, 0.2) is 0 Å². The van der Waals surface area contributed by atoms with Crippen molar-refractivity contribution in [3.8, 4) is 0 Å². The summed E-state index contributed by atoms with van der Waals surface area (Å²) in [6.45, 7) is 5.44. The van der Waals surface area contributed by atoms with Crippen molar-refractivity contribution >= 4 is 17.1 Å². The van der Waals surface area contributed by atoms with Crippen molar-refractivity contribution in [1.82, 2.24) is 4.90 Å². The van der Waals surface area contributed by atoms with E-state index < -0.39 is 11.2 Å². The second-order valence-corrected chi connectivity index (χ2v) is 5.52. The fourth-order valence-corrected chi connectivity index (χ4v) is 2.42. The molecule has 0 aromatic rings. The van der Waals surface area contributed by atoms with Crippen LogP contribution in [0.2, 0.25) is 0 Å². The highest BCUT2D eigenvalue weighted by atomic mass is 32.2. The van der Waals surface area contributed by atoms with Gasteiger partial charge in [-0.05, 0) is 5.92 Å². The van der Waals surface area contributed by atoms with Crippen molar-refractivity contribution in [1.29, 1.82) is 0 Å². The summed E-state index contributed by atoms with van der Waals surface area (Å²) in [6.07, 6.45) is 0.618. The molecule has 0 spiro atoms. The Balaban J connectivity index is 2.31. The first kappa shape index (κ1) is 10.9. The molecular formula is C9H17NO2S. The second-order valence-electron chi connectivity index (χ2n) is 3.83. The summed E-state index contributed by atoms with van der Waals surface area (Å²) in [5.41, 5.74) is 0. The van der Waals surface area contributed by atoms with Gasteiger partial charge in [-0.3, -0.25) is 4.79 Å². The highest BCUT2D eigenvalue weighted by Crippen LogP contribution is 2.08. The lowest BCUT2D eigenvalue weighted by atomic mass is 10.1. The summed E-state index contributed by atoms with van der Waals surface area (Å²) in [5.74, 6) is 1.94. The van der Waals surface area contributed by atoms with Crippen molar-refractivity contribution in [3.05, 3.63) is 0 Å². The molecule has 0 N–H and O–H groups in total. The van der Waals surface area contributed by atoms with Crippen LogP contribution in [-0.2, 0) is 16.0 Å². The van der Waals surface area contributed by atoms with Crippen molar-refractivity contribution < 1.29 is 9.35 Å². The highest BCUT2D eigenvalue weighted by molar-refractivity contribution is 7.91. The average Bonchev–Trinajstić information content (AvgIpc) is 2.04. The van der Waals surface area contributed by atoms with Gasteiger partial charge < -0.3 is 9.45 Å². The Hall–Kier alpha value is -0.220. The maximum atomic E-state index is 11.5. The summed E-state index contributed by atoms with van der Waals surface area (Å²) in [5, 5.41) is 0. The van der Waals surface area contributed by atoms with Crippen molar-refractivity contribution in [3.63, 3.8) is 0 Å². The summed E-state index contributed by atoms with van der Waals surface area (Å²) in [4.78, 5) is 13.4. The maximum absolute atomic E-state index is 11.5. The minimum Gasteiger partial charge on any atom is -0.616 e. The minimum atomic E-state index is -0.684. The molecule has 76 valence electrons. The first-order chi connectivity index (χ1) is 6.09. The fourth-order valence-electron chi connectivity index (χ4n) is 1.37. The number of amides is 1. The maximum Gasteiger partial charge on any atom is 0.223 e. The van der Waals surface area contributed by atoms with E-state index in [9.17, 15) is 9.35 Å². The van der Waals surface area contributed by atoms with Gasteiger partial charge in [-0.2, -0.15) is 0 Å². The number of nitrogens with zero attached hydrogens (tertiary/aromatic N) is 1. The summed E-state index contributed by atoms with van der Waals surface area (Å²) >= 11 is -0.684. The number of hydrogen-bond donors (Lipinski definition) is 0. The smallest absolute Gasteiger partial charge is 0.223 e. The van der Waals surface area contributed by atoms with Gasteiger partial charge in [0.1, 0.15) is 11.5 Å². The predicted molar refractivity (Wildman–Crippen MR) is 53.9 cm³/mol. The summed E-state index contributed by atoms with van der Waals surface area (Å²) in [6, 6.07) is 0. The van der Waals surface area contributed by atoms with E-state index in [2.05, 4.69) is 0 Å². The zero-order valence-corrected chi connectivity index (χ0v) is 9.10. The molecule has 0 aliphatic carbocycles. The number of hydrogen-bond acceptors (Lipinski definition) is 2. The molecule has 1 rings (SSSR count). The standard InChI is InChI=1S/C9H17NO2S/c1-8(2)7-9(11)10-3-5-13(12)6-4-10/h8H,3-7H2,1-2H3. The quantitative estimate of drug-likeness (QED) is 0.618. The van der Waals surface area contributed by atoms with Crippen molar-refractivity contribution in [2.24, 2.45) is 5.92 Å². The van der Waals surface area contributed by atoms with E-state index >= 15 is 0 Å². The Bertz CT molecular complexity index is 176. The van der Waals surface area contributed by atoms with E-state index in [1.54, 1.807) is 0 Å². The largest absolute Gasteiger partial charge is 0.616 e. The lowest BCUT2D eigenvalue weighted by Crippen LogP contribution is -2.44. The van der Waals surface area contributed by atoms with E-state index in [-0.39, 0.29) is 5.91 Å². The first-order valence-corrected chi connectivity index (χ1v) is 6.21. The van der Waals surface area contributed by atoms with Gasteiger partial charge in [-0.15, -0.1) is 0 Å². The third kappa shape index (κ3) is 3.56. The Morgan fingerprint density at radius 1 is 1.46 bits per heavy atom. The van der Waals surface area contributed by atoms with Crippen molar-refractivity contribution in [2.75, 3.05) is 24.6 Å². The number of carbonyl (C=O) groups is 1. The van der Waals surface area contributed by atoms with Crippen LogP contribution in [0.3, 0.4) is 0 Å². The van der Waals surface area contributed by atoms with Gasteiger partial charge >= 0.3 is 0 Å². The van der Waals surface area contributed by atoms with Gasteiger partial charge in [0, 0.05) is 6.42 Å². The van der Waals surface area contributed by atoms with Gasteiger partial charge in [0.2, 0.25) is 5.91 Å². The van der Waals surface area contributed by atoms with E-state index in [0.717, 1.165) is 0 Å². The molecular weight excluding hydrogens is 186 g/mol. The van der Waals surface area contributed by atoms with Gasteiger partial charge in [0.25, 0.3) is 0 Å². The normalized spacial score (nSPS) is 19.5. The molecule has 1 heterocycles. The van der Waals surface area contributed by atoms with E-state index in [0.29, 0.717) is 36.9 Å². The zero-order valence-electron chi connectivity index (χ0n) is 8.28. The zero-order chi connectivity index (χ0) is 9.84. The van der Waals surface area contributed by atoms with Gasteiger partial charge in [0.15, 0.2) is 0 Å². The Morgan fingerprint density at radius 2 is 2.00 bits per heavy atom. The van der Waals surface area contributed by atoms with Crippen LogP contribution in [0.1, 0.15) is 20.3 Å². The topological polar surface area (TPSA) is 43.4 Å². The summed E-state index contributed by atoms with van der Waals surface area (Å²) < 4.78 is 11.0. The number of carbonyl (C=O) groups excluding carboxylic acids is 1. The monoisotopic (exact) mass is 203 g/mol.